The molecule has 4 rings (SSSR count). The molecule has 2 aromatic heterocycles. The number of anilines is 2. The Labute approximate surface area is 159 Å². The molecule has 9 nitrogen and oxygen atoms in total. The average molecular weight is 399 g/mol. The van der Waals surface area contributed by atoms with Gasteiger partial charge in [0.05, 0.1) is 19.8 Å². The van der Waals surface area contributed by atoms with Crippen molar-refractivity contribution in [2.24, 2.45) is 0 Å². The van der Waals surface area contributed by atoms with E-state index in [-0.39, 0.29) is 12.4 Å². The summed E-state index contributed by atoms with van der Waals surface area (Å²) in [5.74, 6) is 0.183. The normalized spacial score (nSPS) is 19.2. The number of aromatic nitrogens is 4. The molecule has 0 radical (unpaired) electrons. The van der Waals surface area contributed by atoms with Crippen molar-refractivity contribution in [2.75, 3.05) is 62.3 Å². The molecule has 4 heterocycles. The van der Waals surface area contributed by atoms with E-state index in [2.05, 4.69) is 30.0 Å². The van der Waals surface area contributed by atoms with Crippen molar-refractivity contribution >= 4 is 11.8 Å². The van der Waals surface area contributed by atoms with Gasteiger partial charge in [0.1, 0.15) is 5.82 Å². The Morgan fingerprint density at radius 3 is 2.39 bits per heavy atom. The van der Waals surface area contributed by atoms with Gasteiger partial charge < -0.3 is 19.0 Å². The fourth-order valence-corrected chi connectivity index (χ4v) is 3.19. The van der Waals surface area contributed by atoms with Gasteiger partial charge in [-0.1, -0.05) is 0 Å². The number of alkyl halides is 3. The van der Waals surface area contributed by atoms with Crippen molar-refractivity contribution < 1.29 is 22.3 Å². The Morgan fingerprint density at radius 1 is 0.964 bits per heavy atom. The number of hydrogen-bond donors (Lipinski definition) is 0. The van der Waals surface area contributed by atoms with Gasteiger partial charge in [-0.25, -0.2) is 4.98 Å². The van der Waals surface area contributed by atoms with Crippen LogP contribution in [-0.2, 0) is 17.5 Å². The number of morpholine rings is 1. The molecule has 0 unspecified atom stereocenters. The summed E-state index contributed by atoms with van der Waals surface area (Å²) in [6, 6.07) is 1.89. The third kappa shape index (κ3) is 4.33. The number of rotatable bonds is 4. The molecule has 12 heteroatoms. The number of halogens is 3. The lowest BCUT2D eigenvalue weighted by atomic mass is 10.3. The maximum absolute atomic E-state index is 12.5. The fraction of sp³-hybridized carbons (Fsp3) is 0.625. The molecular weight excluding hydrogens is 379 g/mol. The molecule has 0 bridgehead atoms. The number of hydrogen-bond acceptors (Lipinski definition) is 9. The summed E-state index contributed by atoms with van der Waals surface area (Å²) < 4.78 is 47.7. The molecule has 28 heavy (non-hydrogen) atoms. The van der Waals surface area contributed by atoms with Gasteiger partial charge >= 0.3 is 12.1 Å². The molecule has 0 spiro atoms. The Balaban J connectivity index is 1.33. The molecule has 0 aromatic carbocycles. The maximum atomic E-state index is 12.5. The zero-order valence-electron chi connectivity index (χ0n) is 15.1. The van der Waals surface area contributed by atoms with Crippen LogP contribution in [0.25, 0.3) is 0 Å². The summed E-state index contributed by atoms with van der Waals surface area (Å²) in [7, 11) is 0. The fourth-order valence-electron chi connectivity index (χ4n) is 3.19. The lowest BCUT2D eigenvalue weighted by molar-refractivity contribution is -0.157. The van der Waals surface area contributed by atoms with E-state index < -0.39 is 12.1 Å². The third-order valence-corrected chi connectivity index (χ3v) is 4.69. The zero-order valence-corrected chi connectivity index (χ0v) is 15.1. The van der Waals surface area contributed by atoms with Gasteiger partial charge in [0.15, 0.2) is 0 Å². The first-order valence-electron chi connectivity index (χ1n) is 9.02. The lowest BCUT2D eigenvalue weighted by Crippen LogP contribution is -2.46. The minimum absolute atomic E-state index is 0.0358. The molecule has 0 atom stereocenters. The Hall–Kier alpha value is -2.47. The van der Waals surface area contributed by atoms with E-state index in [1.54, 1.807) is 6.20 Å². The molecule has 152 valence electrons. The quantitative estimate of drug-likeness (QED) is 0.749. The first-order valence-corrected chi connectivity index (χ1v) is 9.02. The molecule has 0 N–H and O–H groups in total. The molecule has 0 saturated carbocycles. The largest absolute Gasteiger partial charge is 0.470 e. The highest BCUT2D eigenvalue weighted by Crippen LogP contribution is 2.28. The highest BCUT2D eigenvalue weighted by Gasteiger charge is 2.38. The summed E-state index contributed by atoms with van der Waals surface area (Å²) >= 11 is 0. The molecule has 0 amide bonds. The van der Waals surface area contributed by atoms with E-state index >= 15 is 0 Å². The second-order valence-electron chi connectivity index (χ2n) is 6.58. The summed E-state index contributed by atoms with van der Waals surface area (Å²) in [5.41, 5.74) is 0. The SMILES string of the molecule is FC(F)(F)c1nnc(CN2CCN(c3nccc(N4CCOCC4)n3)CC2)o1. The minimum atomic E-state index is -4.62. The molecule has 2 aromatic rings. The van der Waals surface area contributed by atoms with Gasteiger partial charge in [-0.2, -0.15) is 18.2 Å². The van der Waals surface area contributed by atoms with Crippen LogP contribution in [0.4, 0.5) is 24.9 Å². The van der Waals surface area contributed by atoms with Crippen LogP contribution in [0, 0.1) is 0 Å². The van der Waals surface area contributed by atoms with Crippen molar-refractivity contribution in [1.82, 2.24) is 25.1 Å². The molecular formula is C16H20F3N7O2. The van der Waals surface area contributed by atoms with Crippen molar-refractivity contribution in [3.05, 3.63) is 24.0 Å². The third-order valence-electron chi connectivity index (χ3n) is 4.69. The monoisotopic (exact) mass is 399 g/mol. The number of piperazine rings is 1. The van der Waals surface area contributed by atoms with Crippen molar-refractivity contribution in [3.63, 3.8) is 0 Å². The maximum Gasteiger partial charge on any atom is 0.470 e. The van der Waals surface area contributed by atoms with Crippen LogP contribution in [0.3, 0.4) is 0 Å². The Bertz CT molecular complexity index is 787. The van der Waals surface area contributed by atoms with E-state index in [9.17, 15) is 13.2 Å². The standard InChI is InChI=1S/C16H20F3N7O2/c17-16(18,19)14-23-22-13(28-14)11-24-3-5-26(6-4-24)15-20-2-1-12(21-15)25-7-9-27-10-8-25/h1-2H,3-11H2. The Kier molecular flexibility index (Phi) is 5.31. The molecule has 2 aliphatic rings. The van der Waals surface area contributed by atoms with Crippen LogP contribution in [0.1, 0.15) is 11.8 Å². The van der Waals surface area contributed by atoms with Gasteiger partial charge in [-0.05, 0) is 6.07 Å². The highest BCUT2D eigenvalue weighted by molar-refractivity contribution is 5.44. The minimum Gasteiger partial charge on any atom is -0.416 e. The summed E-state index contributed by atoms with van der Waals surface area (Å²) in [6.07, 6.45) is -2.87. The number of ether oxygens (including phenoxy) is 1. The molecule has 2 saturated heterocycles. The van der Waals surface area contributed by atoms with Crippen LogP contribution in [-0.4, -0.2) is 77.5 Å². The van der Waals surface area contributed by atoms with Crippen LogP contribution in [0.2, 0.25) is 0 Å². The van der Waals surface area contributed by atoms with Crippen LogP contribution in [0.15, 0.2) is 16.7 Å². The van der Waals surface area contributed by atoms with E-state index in [1.165, 1.54) is 0 Å². The smallest absolute Gasteiger partial charge is 0.416 e. The zero-order chi connectivity index (χ0) is 19.6. The molecule has 0 aliphatic carbocycles. The van der Waals surface area contributed by atoms with Gasteiger partial charge in [0.25, 0.3) is 0 Å². The van der Waals surface area contributed by atoms with Gasteiger partial charge in [0.2, 0.25) is 11.8 Å². The van der Waals surface area contributed by atoms with Crippen LogP contribution >= 0.6 is 0 Å². The number of nitrogens with zero attached hydrogens (tertiary/aromatic N) is 7. The Morgan fingerprint density at radius 2 is 1.71 bits per heavy atom. The molecule has 2 aliphatic heterocycles. The average Bonchev–Trinajstić information content (AvgIpc) is 3.18. The highest BCUT2D eigenvalue weighted by atomic mass is 19.4. The second kappa shape index (κ2) is 7.87. The van der Waals surface area contributed by atoms with Crippen molar-refractivity contribution in [1.29, 1.82) is 0 Å². The van der Waals surface area contributed by atoms with Crippen LogP contribution in [0.5, 0.6) is 0 Å². The summed E-state index contributed by atoms with van der Waals surface area (Å²) in [6.45, 7) is 5.74. The van der Waals surface area contributed by atoms with Gasteiger partial charge in [-0.3, -0.25) is 4.90 Å². The predicted octanol–water partition coefficient (Wildman–Crippen LogP) is 1.04. The molecule has 2 fully saturated rings. The van der Waals surface area contributed by atoms with E-state index in [1.807, 2.05) is 11.0 Å². The van der Waals surface area contributed by atoms with E-state index in [0.717, 1.165) is 18.9 Å². The van der Waals surface area contributed by atoms with Crippen molar-refractivity contribution in [3.8, 4) is 0 Å². The van der Waals surface area contributed by atoms with Crippen LogP contribution < -0.4 is 9.80 Å². The topological polar surface area (TPSA) is 83.7 Å². The summed E-state index contributed by atoms with van der Waals surface area (Å²) in [5, 5.41) is 6.54. The predicted molar refractivity (Wildman–Crippen MR) is 91.9 cm³/mol. The van der Waals surface area contributed by atoms with E-state index in [4.69, 9.17) is 9.15 Å². The van der Waals surface area contributed by atoms with Gasteiger partial charge in [-0.15, -0.1) is 10.2 Å². The lowest BCUT2D eigenvalue weighted by Gasteiger charge is -2.34. The second-order valence-corrected chi connectivity index (χ2v) is 6.58. The first-order chi connectivity index (χ1) is 13.5. The van der Waals surface area contributed by atoms with E-state index in [0.29, 0.717) is 45.3 Å². The first kappa shape index (κ1) is 18.9. The summed E-state index contributed by atoms with van der Waals surface area (Å²) in [4.78, 5) is 15.2. The van der Waals surface area contributed by atoms with Gasteiger partial charge in [0, 0.05) is 45.5 Å². The van der Waals surface area contributed by atoms with Crippen molar-refractivity contribution in [2.45, 2.75) is 12.7 Å².